The Morgan fingerprint density at radius 2 is 1.82 bits per heavy atom. The highest BCUT2D eigenvalue weighted by atomic mass is 35.5. The fourth-order valence-electron chi connectivity index (χ4n) is 4.67. The third-order valence-electron chi connectivity index (χ3n) is 7.04. The summed E-state index contributed by atoms with van der Waals surface area (Å²) in [5.41, 5.74) is 0.283. The lowest BCUT2D eigenvalue weighted by molar-refractivity contribution is -0.136. The van der Waals surface area contributed by atoms with Gasteiger partial charge in [0.25, 0.3) is 5.91 Å². The number of benzene rings is 1. The Morgan fingerprint density at radius 1 is 1.09 bits per heavy atom. The van der Waals surface area contributed by atoms with Crippen molar-refractivity contribution in [2.75, 3.05) is 52.9 Å². The smallest absolute Gasteiger partial charge is 0.257 e. The zero-order valence-corrected chi connectivity index (χ0v) is 20.8. The molecule has 0 spiro atoms. The van der Waals surface area contributed by atoms with Crippen LogP contribution in [0.3, 0.4) is 0 Å². The molecule has 0 N–H and O–H groups in total. The van der Waals surface area contributed by atoms with Gasteiger partial charge in [0, 0.05) is 68.9 Å². The van der Waals surface area contributed by atoms with Crippen molar-refractivity contribution in [3.05, 3.63) is 47.2 Å². The van der Waals surface area contributed by atoms with Crippen LogP contribution in [0.15, 0.2) is 36.7 Å². The summed E-state index contributed by atoms with van der Waals surface area (Å²) in [7, 11) is 2.08. The van der Waals surface area contributed by atoms with Gasteiger partial charge in [-0.05, 0) is 45.0 Å². The maximum Gasteiger partial charge on any atom is 0.257 e. The van der Waals surface area contributed by atoms with E-state index in [9.17, 15) is 9.59 Å². The number of aromatic nitrogens is 2. The third-order valence-corrected chi connectivity index (χ3v) is 7.27. The molecule has 0 bridgehead atoms. The second kappa shape index (κ2) is 10.8. The third kappa shape index (κ3) is 5.91. The summed E-state index contributed by atoms with van der Waals surface area (Å²) in [5, 5.41) is 4.85. The van der Waals surface area contributed by atoms with Crippen molar-refractivity contribution >= 4 is 23.4 Å². The number of piperazine rings is 1. The number of hydrogen-bond donors (Lipinski definition) is 0. The molecular formula is C25H34ClN5O3. The van der Waals surface area contributed by atoms with Gasteiger partial charge in [0.05, 0.1) is 18.4 Å². The van der Waals surface area contributed by atoms with E-state index in [0.29, 0.717) is 55.3 Å². The van der Waals surface area contributed by atoms with Crippen molar-refractivity contribution in [1.82, 2.24) is 24.5 Å². The van der Waals surface area contributed by atoms with Crippen LogP contribution in [0, 0.1) is 5.41 Å². The zero-order valence-electron chi connectivity index (χ0n) is 20.1. The molecule has 2 aromatic rings. The van der Waals surface area contributed by atoms with Crippen LogP contribution in [0.5, 0.6) is 5.75 Å². The molecule has 0 unspecified atom stereocenters. The van der Waals surface area contributed by atoms with Crippen LogP contribution in [0.1, 0.15) is 36.5 Å². The molecule has 0 atom stereocenters. The molecule has 2 aliphatic heterocycles. The number of ether oxygens (including phenoxy) is 1. The lowest BCUT2D eigenvalue weighted by Gasteiger charge is -2.42. The molecule has 3 heterocycles. The van der Waals surface area contributed by atoms with Crippen molar-refractivity contribution < 1.29 is 14.3 Å². The minimum absolute atomic E-state index is 0.00514. The molecule has 9 heteroatoms. The molecule has 184 valence electrons. The van der Waals surface area contributed by atoms with Crippen LogP contribution >= 0.6 is 11.6 Å². The van der Waals surface area contributed by atoms with E-state index in [-0.39, 0.29) is 17.2 Å². The average molecular weight is 488 g/mol. The van der Waals surface area contributed by atoms with E-state index in [2.05, 4.69) is 17.0 Å². The number of hydrogen-bond acceptors (Lipinski definition) is 5. The molecule has 2 fully saturated rings. The molecule has 2 aliphatic rings. The largest absolute Gasteiger partial charge is 0.493 e. The number of carbonyl (C=O) groups is 2. The molecule has 1 aromatic heterocycles. The number of likely N-dealkylation sites (tertiary alicyclic amines) is 1. The van der Waals surface area contributed by atoms with Crippen molar-refractivity contribution in [2.24, 2.45) is 5.41 Å². The summed E-state index contributed by atoms with van der Waals surface area (Å²) in [6.07, 6.45) is 5.27. The summed E-state index contributed by atoms with van der Waals surface area (Å²) in [6.45, 7) is 7.62. The molecule has 2 saturated heterocycles. The first kappa shape index (κ1) is 24.5. The summed E-state index contributed by atoms with van der Waals surface area (Å²) in [5.74, 6) is 0.866. The van der Waals surface area contributed by atoms with Crippen molar-refractivity contribution in [3.63, 3.8) is 0 Å². The maximum absolute atomic E-state index is 13.3. The first-order valence-electron chi connectivity index (χ1n) is 12.0. The topological polar surface area (TPSA) is 70.9 Å². The number of nitrogens with zero attached hydrogens (tertiary/aromatic N) is 5. The van der Waals surface area contributed by atoms with Gasteiger partial charge in [-0.25, -0.2) is 0 Å². The summed E-state index contributed by atoms with van der Waals surface area (Å²) < 4.78 is 7.91. The normalized spacial score (nSPS) is 18.7. The van der Waals surface area contributed by atoms with Crippen LogP contribution in [0.2, 0.25) is 5.02 Å². The van der Waals surface area contributed by atoms with Crippen LogP contribution in [0.4, 0.5) is 0 Å². The van der Waals surface area contributed by atoms with E-state index in [1.54, 1.807) is 23.1 Å². The highest BCUT2D eigenvalue weighted by Gasteiger charge is 2.40. The first-order chi connectivity index (χ1) is 16.4. The van der Waals surface area contributed by atoms with E-state index in [1.165, 1.54) is 0 Å². The Labute approximate surface area is 206 Å². The molecule has 2 amide bonds. The highest BCUT2D eigenvalue weighted by molar-refractivity contribution is 6.30. The highest BCUT2D eigenvalue weighted by Crippen LogP contribution is 2.37. The van der Waals surface area contributed by atoms with Gasteiger partial charge in [-0.2, -0.15) is 5.10 Å². The minimum Gasteiger partial charge on any atom is -0.493 e. The van der Waals surface area contributed by atoms with Gasteiger partial charge in [-0.1, -0.05) is 17.7 Å². The Hall–Kier alpha value is -2.58. The molecule has 0 saturated carbocycles. The zero-order chi connectivity index (χ0) is 24.1. The maximum atomic E-state index is 13.3. The number of amides is 2. The van der Waals surface area contributed by atoms with Crippen molar-refractivity contribution in [2.45, 2.75) is 32.7 Å². The van der Waals surface area contributed by atoms with E-state index >= 15 is 0 Å². The quantitative estimate of drug-likeness (QED) is 0.600. The Morgan fingerprint density at radius 3 is 2.47 bits per heavy atom. The SMILES string of the molecule is CCn1cc(C(=O)N2CCC(COc3cccc(Cl)c3)(CC(=O)N3CCN(C)CC3)CC2)cn1. The summed E-state index contributed by atoms with van der Waals surface area (Å²) in [6, 6.07) is 7.34. The molecule has 8 nitrogen and oxygen atoms in total. The van der Waals surface area contributed by atoms with Crippen LogP contribution < -0.4 is 4.74 Å². The lowest BCUT2D eigenvalue weighted by atomic mass is 9.75. The van der Waals surface area contributed by atoms with E-state index in [4.69, 9.17) is 16.3 Å². The molecular weight excluding hydrogens is 454 g/mol. The molecule has 0 radical (unpaired) electrons. The van der Waals surface area contributed by atoms with Gasteiger partial charge in [-0.15, -0.1) is 0 Å². The van der Waals surface area contributed by atoms with Gasteiger partial charge in [0.1, 0.15) is 5.75 Å². The Kier molecular flexibility index (Phi) is 7.78. The fraction of sp³-hybridized carbons (Fsp3) is 0.560. The number of piperidine rings is 1. The number of rotatable bonds is 7. The van der Waals surface area contributed by atoms with Crippen molar-refractivity contribution in [1.29, 1.82) is 0 Å². The predicted molar refractivity (Wildman–Crippen MR) is 131 cm³/mol. The van der Waals surface area contributed by atoms with Gasteiger partial charge in [0.15, 0.2) is 0 Å². The number of carbonyl (C=O) groups excluding carboxylic acids is 2. The molecule has 1 aromatic carbocycles. The van der Waals surface area contributed by atoms with Crippen LogP contribution in [0.25, 0.3) is 0 Å². The van der Waals surface area contributed by atoms with Crippen molar-refractivity contribution in [3.8, 4) is 5.75 Å². The number of halogens is 1. The second-order valence-electron chi connectivity index (χ2n) is 9.48. The van der Waals surface area contributed by atoms with Gasteiger partial charge < -0.3 is 19.4 Å². The predicted octanol–water partition coefficient (Wildman–Crippen LogP) is 3.02. The average Bonchev–Trinajstić information content (AvgIpc) is 3.33. The van der Waals surface area contributed by atoms with E-state index in [0.717, 1.165) is 32.7 Å². The number of aryl methyl sites for hydroxylation is 1. The fourth-order valence-corrected chi connectivity index (χ4v) is 4.85. The van der Waals surface area contributed by atoms with Gasteiger partial charge in [-0.3, -0.25) is 14.3 Å². The molecule has 34 heavy (non-hydrogen) atoms. The summed E-state index contributed by atoms with van der Waals surface area (Å²) >= 11 is 6.13. The Balaban J connectivity index is 1.44. The molecule has 4 rings (SSSR count). The van der Waals surface area contributed by atoms with Crippen LogP contribution in [-0.2, 0) is 11.3 Å². The monoisotopic (exact) mass is 487 g/mol. The standard InChI is InChI=1S/C25H34ClN5O3/c1-3-31-18-20(17-27-31)24(33)30-9-7-25(8-10-30,19-34-22-6-4-5-21(26)15-22)16-23(32)29-13-11-28(2)12-14-29/h4-6,15,17-18H,3,7-14,16,19H2,1-2H3. The second-order valence-corrected chi connectivity index (χ2v) is 9.92. The summed E-state index contributed by atoms with van der Waals surface area (Å²) in [4.78, 5) is 32.3. The van der Waals surface area contributed by atoms with E-state index < -0.39 is 0 Å². The lowest BCUT2D eigenvalue weighted by Crippen LogP contribution is -2.51. The van der Waals surface area contributed by atoms with E-state index in [1.807, 2.05) is 34.9 Å². The Bertz CT molecular complexity index is 994. The molecule has 0 aliphatic carbocycles. The number of likely N-dealkylation sites (N-methyl/N-ethyl adjacent to an activating group) is 1. The van der Waals surface area contributed by atoms with Gasteiger partial charge in [0.2, 0.25) is 5.91 Å². The van der Waals surface area contributed by atoms with Gasteiger partial charge >= 0.3 is 0 Å². The minimum atomic E-state index is -0.326. The van der Waals surface area contributed by atoms with Crippen LogP contribution in [-0.4, -0.2) is 89.2 Å². The first-order valence-corrected chi connectivity index (χ1v) is 12.4.